The Labute approximate surface area is 131 Å². The first kappa shape index (κ1) is 15.6. The molecule has 0 spiro atoms. The van der Waals surface area contributed by atoms with Gasteiger partial charge in [-0.2, -0.15) is 0 Å². The summed E-state index contributed by atoms with van der Waals surface area (Å²) in [5.74, 6) is -1.18. The number of rotatable bonds is 4. The van der Waals surface area contributed by atoms with Crippen molar-refractivity contribution >= 4 is 33.3 Å². The molecule has 0 amide bonds. The number of esters is 1. The minimum atomic E-state index is -0.852. The predicted molar refractivity (Wildman–Crippen MR) is 78.9 cm³/mol. The summed E-state index contributed by atoms with van der Waals surface area (Å²) in [4.78, 5) is 32.0. The predicted octanol–water partition coefficient (Wildman–Crippen LogP) is 3.48. The van der Waals surface area contributed by atoms with E-state index in [9.17, 15) is 25.0 Å². The van der Waals surface area contributed by atoms with Crippen LogP contribution in [0.2, 0.25) is 0 Å². The summed E-state index contributed by atoms with van der Waals surface area (Å²) in [6.45, 7) is 0. The molecule has 0 unspecified atom stereocenters. The molecule has 0 saturated heterocycles. The molecule has 0 atom stereocenters. The van der Waals surface area contributed by atoms with Crippen LogP contribution in [0.15, 0.2) is 46.9 Å². The maximum atomic E-state index is 12.0. The second-order valence-corrected chi connectivity index (χ2v) is 4.89. The molecule has 0 fully saturated rings. The standard InChI is InChI=1S/C13H7BrN2O6/c14-10-4-2-1-3-9(10)13(17)22-12-6-5-8(15(18)19)7-11(12)16(20)21/h1-7H. The van der Waals surface area contributed by atoms with Crippen LogP contribution in [0.3, 0.4) is 0 Å². The van der Waals surface area contributed by atoms with Gasteiger partial charge in [0.25, 0.3) is 5.69 Å². The molecule has 2 aromatic rings. The zero-order valence-corrected chi connectivity index (χ0v) is 12.3. The van der Waals surface area contributed by atoms with Gasteiger partial charge in [0.05, 0.1) is 21.5 Å². The average Bonchev–Trinajstić information content (AvgIpc) is 2.47. The quantitative estimate of drug-likeness (QED) is 0.354. The Morgan fingerprint density at radius 2 is 1.73 bits per heavy atom. The summed E-state index contributed by atoms with van der Waals surface area (Å²) in [5, 5.41) is 21.6. The lowest BCUT2D eigenvalue weighted by Crippen LogP contribution is -2.10. The first-order valence-electron chi connectivity index (χ1n) is 5.79. The Kier molecular flexibility index (Phi) is 4.47. The molecule has 2 rings (SSSR count). The third-order valence-electron chi connectivity index (χ3n) is 2.65. The molecule has 0 radical (unpaired) electrons. The fraction of sp³-hybridized carbons (Fsp3) is 0. The summed E-state index contributed by atoms with van der Waals surface area (Å²) < 4.78 is 5.44. The molecular formula is C13H7BrN2O6. The van der Waals surface area contributed by atoms with Gasteiger partial charge < -0.3 is 4.74 Å². The van der Waals surface area contributed by atoms with Gasteiger partial charge in [-0.25, -0.2) is 4.79 Å². The number of hydrogen-bond acceptors (Lipinski definition) is 6. The number of non-ortho nitro benzene ring substituents is 1. The SMILES string of the molecule is O=C(Oc1ccc([N+](=O)[O-])cc1[N+](=O)[O-])c1ccccc1Br. The van der Waals surface area contributed by atoms with E-state index in [4.69, 9.17) is 4.74 Å². The maximum absolute atomic E-state index is 12.0. The molecule has 8 nitrogen and oxygen atoms in total. The fourth-order valence-corrected chi connectivity index (χ4v) is 2.08. The van der Waals surface area contributed by atoms with Crippen LogP contribution in [-0.2, 0) is 0 Å². The zero-order chi connectivity index (χ0) is 16.3. The molecule has 0 aliphatic carbocycles. The van der Waals surface area contributed by atoms with Crippen molar-refractivity contribution < 1.29 is 19.4 Å². The highest BCUT2D eigenvalue weighted by Crippen LogP contribution is 2.32. The van der Waals surface area contributed by atoms with E-state index >= 15 is 0 Å². The molecule has 2 aromatic carbocycles. The minimum absolute atomic E-state index is 0.176. The van der Waals surface area contributed by atoms with Crippen molar-refractivity contribution in [2.45, 2.75) is 0 Å². The normalized spacial score (nSPS) is 10.0. The van der Waals surface area contributed by atoms with Gasteiger partial charge in [-0.05, 0) is 34.1 Å². The highest BCUT2D eigenvalue weighted by Gasteiger charge is 2.23. The third kappa shape index (κ3) is 3.26. The van der Waals surface area contributed by atoms with Crippen molar-refractivity contribution in [3.8, 4) is 5.75 Å². The first-order chi connectivity index (χ1) is 10.4. The minimum Gasteiger partial charge on any atom is -0.416 e. The van der Waals surface area contributed by atoms with Crippen LogP contribution < -0.4 is 4.74 Å². The topological polar surface area (TPSA) is 113 Å². The Hall–Kier alpha value is -2.81. The van der Waals surface area contributed by atoms with E-state index < -0.39 is 27.2 Å². The smallest absolute Gasteiger partial charge is 0.344 e. The van der Waals surface area contributed by atoms with Gasteiger partial charge in [0.2, 0.25) is 5.75 Å². The molecule has 9 heteroatoms. The maximum Gasteiger partial charge on any atom is 0.344 e. The van der Waals surface area contributed by atoms with Gasteiger partial charge in [-0.15, -0.1) is 0 Å². The molecule has 0 aromatic heterocycles. The summed E-state index contributed by atoms with van der Waals surface area (Å²) in [6.07, 6.45) is 0. The molecule has 0 bridgehead atoms. The van der Waals surface area contributed by atoms with Crippen LogP contribution in [0.5, 0.6) is 5.75 Å². The Bertz CT molecular complexity index is 777. The van der Waals surface area contributed by atoms with Crippen molar-refractivity contribution in [1.29, 1.82) is 0 Å². The highest BCUT2D eigenvalue weighted by molar-refractivity contribution is 9.10. The molecule has 22 heavy (non-hydrogen) atoms. The van der Waals surface area contributed by atoms with Crippen molar-refractivity contribution in [1.82, 2.24) is 0 Å². The molecule has 0 N–H and O–H groups in total. The average molecular weight is 367 g/mol. The first-order valence-corrected chi connectivity index (χ1v) is 6.59. The second kappa shape index (κ2) is 6.31. The Morgan fingerprint density at radius 1 is 1.05 bits per heavy atom. The number of nitro groups is 2. The number of carbonyl (C=O) groups excluding carboxylic acids is 1. The fourth-order valence-electron chi connectivity index (χ4n) is 1.63. The van der Waals surface area contributed by atoms with E-state index in [1.165, 1.54) is 6.07 Å². The zero-order valence-electron chi connectivity index (χ0n) is 10.8. The van der Waals surface area contributed by atoms with Gasteiger partial charge in [0.1, 0.15) is 0 Å². The lowest BCUT2D eigenvalue weighted by Gasteiger charge is -2.06. The van der Waals surface area contributed by atoms with Gasteiger partial charge in [0, 0.05) is 10.5 Å². The lowest BCUT2D eigenvalue weighted by molar-refractivity contribution is -0.394. The van der Waals surface area contributed by atoms with Crippen molar-refractivity contribution in [3.05, 3.63) is 72.7 Å². The van der Waals surface area contributed by atoms with Crippen LogP contribution in [-0.4, -0.2) is 15.8 Å². The van der Waals surface area contributed by atoms with Crippen molar-refractivity contribution in [2.75, 3.05) is 0 Å². The number of nitro benzene ring substituents is 2. The van der Waals surface area contributed by atoms with Gasteiger partial charge in [-0.1, -0.05) is 12.1 Å². The van der Waals surface area contributed by atoms with E-state index in [1.807, 2.05) is 0 Å². The Balaban J connectivity index is 2.37. The van der Waals surface area contributed by atoms with Gasteiger partial charge in [0.15, 0.2) is 0 Å². The van der Waals surface area contributed by atoms with E-state index in [0.29, 0.717) is 4.47 Å². The lowest BCUT2D eigenvalue weighted by atomic mass is 10.2. The largest absolute Gasteiger partial charge is 0.416 e. The molecular weight excluding hydrogens is 360 g/mol. The number of halogens is 1. The molecule has 112 valence electrons. The van der Waals surface area contributed by atoms with Gasteiger partial charge in [-0.3, -0.25) is 20.2 Å². The summed E-state index contributed by atoms with van der Waals surface area (Å²) in [5.41, 5.74) is -0.947. The monoisotopic (exact) mass is 366 g/mol. The van der Waals surface area contributed by atoms with Crippen LogP contribution in [0.25, 0.3) is 0 Å². The molecule has 0 aliphatic heterocycles. The number of nitrogens with zero attached hydrogens (tertiary/aromatic N) is 2. The summed E-state index contributed by atoms with van der Waals surface area (Å²) in [7, 11) is 0. The van der Waals surface area contributed by atoms with Gasteiger partial charge >= 0.3 is 11.7 Å². The summed E-state index contributed by atoms with van der Waals surface area (Å²) in [6, 6.07) is 9.16. The second-order valence-electron chi connectivity index (χ2n) is 4.04. The van der Waals surface area contributed by atoms with E-state index in [1.54, 1.807) is 18.2 Å². The van der Waals surface area contributed by atoms with Crippen LogP contribution >= 0.6 is 15.9 Å². The highest BCUT2D eigenvalue weighted by atomic mass is 79.9. The van der Waals surface area contributed by atoms with Crippen LogP contribution in [0, 0.1) is 20.2 Å². The van der Waals surface area contributed by atoms with Crippen LogP contribution in [0.1, 0.15) is 10.4 Å². The van der Waals surface area contributed by atoms with Crippen LogP contribution in [0.4, 0.5) is 11.4 Å². The number of ether oxygens (including phenoxy) is 1. The number of benzene rings is 2. The van der Waals surface area contributed by atoms with Crippen molar-refractivity contribution in [3.63, 3.8) is 0 Å². The van der Waals surface area contributed by atoms with Crippen molar-refractivity contribution in [2.24, 2.45) is 0 Å². The number of carbonyl (C=O) groups is 1. The van der Waals surface area contributed by atoms with E-state index in [0.717, 1.165) is 18.2 Å². The summed E-state index contributed by atoms with van der Waals surface area (Å²) >= 11 is 3.16. The molecule has 0 saturated carbocycles. The van der Waals surface area contributed by atoms with E-state index in [-0.39, 0.29) is 11.3 Å². The Morgan fingerprint density at radius 3 is 2.32 bits per heavy atom. The van der Waals surface area contributed by atoms with E-state index in [2.05, 4.69) is 15.9 Å². The molecule has 0 heterocycles. The molecule has 0 aliphatic rings. The number of hydrogen-bond donors (Lipinski definition) is 0. The third-order valence-corrected chi connectivity index (χ3v) is 3.34.